The number of carbonyl (C=O) groups excluding carboxylic acids is 1. The molecule has 3 rings (SSSR count). The lowest BCUT2D eigenvalue weighted by Crippen LogP contribution is -2.25. The second-order valence-corrected chi connectivity index (χ2v) is 5.46. The third-order valence-corrected chi connectivity index (χ3v) is 4.17. The molecule has 1 aliphatic rings. The van der Waals surface area contributed by atoms with Crippen LogP contribution in [0.2, 0.25) is 0 Å². The Labute approximate surface area is 133 Å². The number of hydrogen-bond donors (Lipinski definition) is 3. The zero-order valence-corrected chi connectivity index (χ0v) is 13.2. The molecule has 1 amide bonds. The predicted octanol–water partition coefficient (Wildman–Crippen LogP) is 2.45. The second kappa shape index (κ2) is 6.98. The van der Waals surface area contributed by atoms with Crippen LogP contribution in [0.4, 0.5) is 5.69 Å². The van der Waals surface area contributed by atoms with E-state index in [-0.39, 0.29) is 18.3 Å². The van der Waals surface area contributed by atoms with Crippen LogP contribution in [0, 0.1) is 0 Å². The fourth-order valence-corrected chi connectivity index (χ4v) is 2.90. The SMILES string of the molecule is CSc1ccccc1NC(=O)c1n[nH]c2c1CNCC2.Cl. The maximum Gasteiger partial charge on any atom is 0.276 e. The Hall–Kier alpha value is -1.50. The zero-order chi connectivity index (χ0) is 13.9. The van der Waals surface area contributed by atoms with Gasteiger partial charge < -0.3 is 10.6 Å². The number of halogens is 1. The molecule has 7 heteroatoms. The number of fused-ring (bicyclic) bond motifs is 1. The third kappa shape index (κ3) is 3.23. The predicted molar refractivity (Wildman–Crippen MR) is 87.4 cm³/mol. The van der Waals surface area contributed by atoms with Crippen molar-refractivity contribution < 1.29 is 4.79 Å². The van der Waals surface area contributed by atoms with E-state index in [9.17, 15) is 4.79 Å². The van der Waals surface area contributed by atoms with Crippen LogP contribution in [-0.4, -0.2) is 28.9 Å². The number of H-pyrrole nitrogens is 1. The highest BCUT2D eigenvalue weighted by Crippen LogP contribution is 2.25. The van der Waals surface area contributed by atoms with Crippen LogP contribution in [0.5, 0.6) is 0 Å². The van der Waals surface area contributed by atoms with Gasteiger partial charge in [0.15, 0.2) is 5.69 Å². The Morgan fingerprint density at radius 2 is 2.19 bits per heavy atom. The lowest BCUT2D eigenvalue weighted by Gasteiger charge is -2.13. The summed E-state index contributed by atoms with van der Waals surface area (Å²) in [7, 11) is 0. The smallest absolute Gasteiger partial charge is 0.276 e. The van der Waals surface area contributed by atoms with Gasteiger partial charge in [0, 0.05) is 35.7 Å². The van der Waals surface area contributed by atoms with Gasteiger partial charge in [0.1, 0.15) is 0 Å². The fraction of sp³-hybridized carbons (Fsp3) is 0.286. The molecule has 2 aromatic rings. The molecule has 1 aliphatic heterocycles. The number of rotatable bonds is 3. The maximum atomic E-state index is 12.4. The van der Waals surface area contributed by atoms with Crippen LogP contribution in [0.25, 0.3) is 0 Å². The van der Waals surface area contributed by atoms with E-state index in [1.165, 1.54) is 0 Å². The van der Waals surface area contributed by atoms with Crippen LogP contribution in [0.15, 0.2) is 29.2 Å². The Morgan fingerprint density at radius 1 is 1.38 bits per heavy atom. The lowest BCUT2D eigenvalue weighted by molar-refractivity contribution is 0.102. The first-order valence-electron chi connectivity index (χ1n) is 6.51. The van der Waals surface area contributed by atoms with Gasteiger partial charge in [-0.15, -0.1) is 24.2 Å². The van der Waals surface area contributed by atoms with Crippen molar-refractivity contribution in [3.8, 4) is 0 Å². The van der Waals surface area contributed by atoms with E-state index >= 15 is 0 Å². The van der Waals surface area contributed by atoms with Gasteiger partial charge in [-0.1, -0.05) is 12.1 Å². The van der Waals surface area contributed by atoms with Gasteiger partial charge in [-0.05, 0) is 18.4 Å². The number of nitrogens with zero attached hydrogens (tertiary/aromatic N) is 1. The average Bonchev–Trinajstić information content (AvgIpc) is 2.92. The van der Waals surface area contributed by atoms with Crippen molar-refractivity contribution >= 4 is 35.8 Å². The zero-order valence-electron chi connectivity index (χ0n) is 11.6. The Morgan fingerprint density at radius 3 is 3.00 bits per heavy atom. The van der Waals surface area contributed by atoms with Gasteiger partial charge in [-0.3, -0.25) is 9.89 Å². The largest absolute Gasteiger partial charge is 0.320 e. The number of anilines is 1. The normalized spacial score (nSPS) is 13.2. The topological polar surface area (TPSA) is 69.8 Å². The molecule has 3 N–H and O–H groups in total. The molecule has 0 atom stereocenters. The van der Waals surface area contributed by atoms with Crippen molar-refractivity contribution in [3.05, 3.63) is 41.2 Å². The molecule has 21 heavy (non-hydrogen) atoms. The van der Waals surface area contributed by atoms with Gasteiger partial charge >= 0.3 is 0 Å². The maximum absolute atomic E-state index is 12.4. The van der Waals surface area contributed by atoms with E-state index in [2.05, 4.69) is 20.8 Å². The van der Waals surface area contributed by atoms with Crippen molar-refractivity contribution in [2.45, 2.75) is 17.9 Å². The molecule has 1 aromatic carbocycles. The number of nitrogens with one attached hydrogen (secondary N) is 3. The molecule has 0 fully saturated rings. The molecule has 112 valence electrons. The van der Waals surface area contributed by atoms with Crippen LogP contribution >= 0.6 is 24.2 Å². The van der Waals surface area contributed by atoms with E-state index in [0.717, 1.165) is 34.8 Å². The fourth-order valence-electron chi connectivity index (χ4n) is 2.34. The van der Waals surface area contributed by atoms with Gasteiger partial charge in [0.05, 0.1) is 5.69 Å². The first-order chi connectivity index (χ1) is 9.79. The molecule has 1 aromatic heterocycles. The van der Waals surface area contributed by atoms with Gasteiger partial charge in [-0.25, -0.2) is 0 Å². The summed E-state index contributed by atoms with van der Waals surface area (Å²) in [6, 6.07) is 7.77. The average molecular weight is 325 g/mol. The van der Waals surface area contributed by atoms with Crippen molar-refractivity contribution in [3.63, 3.8) is 0 Å². The summed E-state index contributed by atoms with van der Waals surface area (Å²) < 4.78 is 0. The van der Waals surface area contributed by atoms with Crippen LogP contribution in [0.3, 0.4) is 0 Å². The van der Waals surface area contributed by atoms with E-state index in [0.29, 0.717) is 12.2 Å². The lowest BCUT2D eigenvalue weighted by atomic mass is 10.1. The van der Waals surface area contributed by atoms with Crippen LogP contribution in [0.1, 0.15) is 21.7 Å². The van der Waals surface area contributed by atoms with Crippen molar-refractivity contribution in [1.29, 1.82) is 0 Å². The molecule has 0 saturated carbocycles. The van der Waals surface area contributed by atoms with E-state index in [1.54, 1.807) is 11.8 Å². The standard InChI is InChI=1S/C14H16N4OS.ClH/c1-20-12-5-3-2-4-11(12)16-14(19)13-9-8-15-7-6-10(9)17-18-13;/h2-5,15H,6-8H2,1H3,(H,16,19)(H,17,18);1H. The summed E-state index contributed by atoms with van der Waals surface area (Å²) in [6.45, 7) is 1.62. The Kier molecular flexibility index (Phi) is 5.27. The summed E-state index contributed by atoms with van der Waals surface area (Å²) in [5.74, 6) is -0.160. The van der Waals surface area contributed by atoms with Crippen molar-refractivity contribution in [2.24, 2.45) is 0 Å². The van der Waals surface area contributed by atoms with Crippen molar-refractivity contribution in [2.75, 3.05) is 18.1 Å². The molecule has 0 spiro atoms. The van der Waals surface area contributed by atoms with E-state index in [4.69, 9.17) is 0 Å². The molecule has 0 saturated heterocycles. The van der Waals surface area contributed by atoms with Gasteiger partial charge in [0.25, 0.3) is 5.91 Å². The summed E-state index contributed by atoms with van der Waals surface area (Å²) in [4.78, 5) is 13.4. The molecule has 0 aliphatic carbocycles. The number of para-hydroxylation sites is 1. The summed E-state index contributed by atoms with van der Waals surface area (Å²) in [6.07, 6.45) is 2.88. The monoisotopic (exact) mass is 324 g/mol. The van der Waals surface area contributed by atoms with Gasteiger partial charge in [0.2, 0.25) is 0 Å². The number of aromatic amines is 1. The molecule has 0 bridgehead atoms. The first kappa shape index (κ1) is 15.9. The number of benzene rings is 1. The molecule has 5 nitrogen and oxygen atoms in total. The summed E-state index contributed by atoms with van der Waals surface area (Å²) in [5, 5.41) is 13.3. The molecular formula is C14H17ClN4OS. The number of thioether (sulfide) groups is 1. The summed E-state index contributed by atoms with van der Waals surface area (Å²) >= 11 is 1.61. The minimum absolute atomic E-state index is 0. The minimum atomic E-state index is -0.160. The Bertz CT molecular complexity index is 644. The first-order valence-corrected chi connectivity index (χ1v) is 7.73. The molecule has 0 unspecified atom stereocenters. The quantitative estimate of drug-likeness (QED) is 0.759. The minimum Gasteiger partial charge on any atom is -0.320 e. The van der Waals surface area contributed by atoms with E-state index in [1.807, 2.05) is 30.5 Å². The molecular weight excluding hydrogens is 308 g/mol. The third-order valence-electron chi connectivity index (χ3n) is 3.38. The van der Waals surface area contributed by atoms with Crippen LogP contribution < -0.4 is 10.6 Å². The highest BCUT2D eigenvalue weighted by molar-refractivity contribution is 7.98. The Balaban J connectivity index is 0.00000161. The summed E-state index contributed by atoms with van der Waals surface area (Å²) in [5.41, 5.74) is 3.36. The second-order valence-electron chi connectivity index (χ2n) is 4.61. The number of hydrogen-bond acceptors (Lipinski definition) is 4. The highest BCUT2D eigenvalue weighted by atomic mass is 35.5. The van der Waals surface area contributed by atoms with Crippen molar-refractivity contribution in [1.82, 2.24) is 15.5 Å². The molecule has 2 heterocycles. The molecule has 0 radical (unpaired) electrons. The number of aromatic nitrogens is 2. The number of amides is 1. The number of carbonyl (C=O) groups is 1. The highest BCUT2D eigenvalue weighted by Gasteiger charge is 2.21. The van der Waals surface area contributed by atoms with Crippen LogP contribution in [-0.2, 0) is 13.0 Å². The van der Waals surface area contributed by atoms with Gasteiger partial charge in [-0.2, -0.15) is 5.10 Å². The van der Waals surface area contributed by atoms with E-state index < -0.39 is 0 Å².